The molecule has 0 atom stereocenters. The maximum atomic E-state index is 15.2. The molecule has 0 aromatic heterocycles. The normalized spacial score (nSPS) is 17.0. The van der Waals surface area contributed by atoms with Crippen LogP contribution >= 0.6 is 0 Å². The minimum atomic E-state index is -4.89. The minimum Gasteiger partial charge on any atom is -0.429 e. The van der Waals surface area contributed by atoms with Gasteiger partial charge < -0.3 is 4.74 Å². The van der Waals surface area contributed by atoms with Gasteiger partial charge >= 0.3 is 6.11 Å². The van der Waals surface area contributed by atoms with Gasteiger partial charge in [0.1, 0.15) is 40.4 Å². The van der Waals surface area contributed by atoms with Crippen LogP contribution in [0.15, 0.2) is 66.7 Å². The van der Waals surface area contributed by atoms with E-state index in [9.17, 15) is 30.7 Å². The quantitative estimate of drug-likeness (QED) is 0.0982. The highest BCUT2D eigenvalue weighted by atomic mass is 19.3. The van der Waals surface area contributed by atoms with Crippen LogP contribution in [0.1, 0.15) is 62.5 Å². The summed E-state index contributed by atoms with van der Waals surface area (Å²) >= 11 is 0. The second kappa shape index (κ2) is 13.8. The van der Waals surface area contributed by atoms with Crippen molar-refractivity contribution >= 4 is 0 Å². The van der Waals surface area contributed by atoms with E-state index in [1.807, 2.05) is 13.0 Å². The van der Waals surface area contributed by atoms with E-state index in [0.717, 1.165) is 56.2 Å². The summed E-state index contributed by atoms with van der Waals surface area (Å²) in [6.45, 7) is 1.98. The highest BCUT2D eigenvalue weighted by Crippen LogP contribution is 2.41. The third-order valence-electron chi connectivity index (χ3n) is 8.47. The van der Waals surface area contributed by atoms with Crippen molar-refractivity contribution in [2.45, 2.75) is 57.5 Å². The van der Waals surface area contributed by atoms with E-state index >= 15 is 13.2 Å². The summed E-state index contributed by atoms with van der Waals surface area (Å²) < 4.78 is 149. The zero-order chi connectivity index (χ0) is 34.0. The Balaban J connectivity index is 1.37. The van der Waals surface area contributed by atoms with Gasteiger partial charge in [-0.25, -0.2) is 35.1 Å². The highest BCUT2D eigenvalue weighted by Gasteiger charge is 2.42. The van der Waals surface area contributed by atoms with E-state index in [2.05, 4.69) is 10.8 Å². The number of halogens is 10. The number of hydrogen-bond acceptors (Lipinski definition) is 1. The maximum Gasteiger partial charge on any atom is 0.432 e. The molecule has 1 nitrogen and oxygen atoms in total. The lowest BCUT2D eigenvalue weighted by Gasteiger charge is -2.28. The molecule has 0 radical (unpaired) electrons. The van der Waals surface area contributed by atoms with E-state index in [-0.39, 0.29) is 41.3 Å². The van der Waals surface area contributed by atoms with E-state index in [1.54, 1.807) is 6.07 Å². The number of alkyl halides is 2. The predicted octanol–water partition coefficient (Wildman–Crippen LogP) is 11.9. The largest absolute Gasteiger partial charge is 0.432 e. The van der Waals surface area contributed by atoms with Crippen LogP contribution in [0.4, 0.5) is 43.9 Å². The summed E-state index contributed by atoms with van der Waals surface area (Å²) in [5.41, 5.74) is -3.36. The smallest absolute Gasteiger partial charge is 0.429 e. The van der Waals surface area contributed by atoms with E-state index in [0.29, 0.717) is 5.92 Å². The van der Waals surface area contributed by atoms with Crippen LogP contribution in [0.3, 0.4) is 0 Å². The average molecular weight is 667 g/mol. The molecule has 0 spiro atoms. The lowest BCUT2D eigenvalue weighted by molar-refractivity contribution is -0.189. The molecular weight excluding hydrogens is 638 g/mol. The molecule has 0 aliphatic heterocycles. The monoisotopic (exact) mass is 666 g/mol. The first kappa shape index (κ1) is 34.1. The molecule has 11 heteroatoms. The summed E-state index contributed by atoms with van der Waals surface area (Å²) in [7, 11) is 0. The first-order valence-electron chi connectivity index (χ1n) is 14.9. The molecule has 0 saturated heterocycles. The van der Waals surface area contributed by atoms with Crippen LogP contribution in [0, 0.1) is 52.5 Å². The minimum absolute atomic E-state index is 0.0395. The Morgan fingerprint density at radius 2 is 1.26 bits per heavy atom. The van der Waals surface area contributed by atoms with Crippen molar-refractivity contribution in [3.8, 4) is 28.0 Å². The number of allylic oxidation sites excluding steroid dienone is 2. The molecular formula is C36H28F10O. The van der Waals surface area contributed by atoms with Crippen molar-refractivity contribution in [2.24, 2.45) is 5.92 Å². The molecule has 1 fully saturated rings. The van der Waals surface area contributed by atoms with Gasteiger partial charge in [0.05, 0.1) is 5.56 Å². The zero-order valence-corrected chi connectivity index (χ0v) is 24.9. The van der Waals surface area contributed by atoms with Crippen molar-refractivity contribution in [2.75, 3.05) is 0 Å². The lowest BCUT2D eigenvalue weighted by Crippen LogP contribution is -2.25. The van der Waals surface area contributed by atoms with Gasteiger partial charge in [0.2, 0.25) is 0 Å². The fraction of sp³-hybridized carbons (Fsp3) is 0.278. The molecule has 0 unspecified atom stereocenters. The summed E-state index contributed by atoms with van der Waals surface area (Å²) in [5.74, 6) is -13.8. The Morgan fingerprint density at radius 1 is 0.681 bits per heavy atom. The maximum absolute atomic E-state index is 15.2. The topological polar surface area (TPSA) is 9.23 Å². The van der Waals surface area contributed by atoms with E-state index in [1.165, 1.54) is 12.1 Å². The van der Waals surface area contributed by atoms with Gasteiger partial charge in [0.25, 0.3) is 0 Å². The van der Waals surface area contributed by atoms with Gasteiger partial charge in [-0.2, -0.15) is 8.78 Å². The molecule has 1 aliphatic carbocycles. The molecule has 5 rings (SSSR count). The lowest BCUT2D eigenvalue weighted by atomic mass is 9.77. The third-order valence-corrected chi connectivity index (χ3v) is 8.47. The Labute approximate surface area is 264 Å². The van der Waals surface area contributed by atoms with Crippen molar-refractivity contribution in [3.05, 3.63) is 124 Å². The first-order valence-corrected chi connectivity index (χ1v) is 14.9. The number of hydrogen-bond donors (Lipinski definition) is 0. The van der Waals surface area contributed by atoms with Crippen LogP contribution in [0.5, 0.6) is 5.75 Å². The van der Waals surface area contributed by atoms with E-state index in [4.69, 9.17) is 0 Å². The van der Waals surface area contributed by atoms with Crippen molar-refractivity contribution < 1.29 is 48.6 Å². The average Bonchev–Trinajstić information content (AvgIpc) is 2.99. The standard InChI is InChI=1S/C36H28F10O/c1-2-3-4-5-19-6-8-20(9-7-19)21-10-11-25(26(37)12-21)22-13-27(38)33(28(39)14-22)23-15-29(40)34(30(41)16-23)36(45,46)47-24-17-31(42)35(44)32(43)18-24/h2-3,10-20H,4-9H2,1H3. The summed E-state index contributed by atoms with van der Waals surface area (Å²) in [6.07, 6.45) is 5.21. The van der Waals surface area contributed by atoms with Gasteiger partial charge in [-0.3, -0.25) is 0 Å². The molecule has 0 heterocycles. The summed E-state index contributed by atoms with van der Waals surface area (Å²) in [5, 5.41) is 0. The zero-order valence-electron chi connectivity index (χ0n) is 24.9. The van der Waals surface area contributed by atoms with Gasteiger partial charge in [-0.1, -0.05) is 24.3 Å². The molecule has 4 aromatic rings. The number of ether oxygens (including phenoxy) is 1. The number of rotatable bonds is 9. The van der Waals surface area contributed by atoms with Gasteiger partial charge in [-0.15, -0.1) is 0 Å². The second-order valence-electron chi connectivity index (χ2n) is 11.6. The summed E-state index contributed by atoms with van der Waals surface area (Å²) in [4.78, 5) is 0. The molecule has 0 amide bonds. The molecule has 0 bridgehead atoms. The van der Waals surface area contributed by atoms with Crippen LogP contribution < -0.4 is 4.74 Å². The summed E-state index contributed by atoms with van der Waals surface area (Å²) in [6, 6.07) is 6.47. The fourth-order valence-corrected chi connectivity index (χ4v) is 6.09. The first-order chi connectivity index (χ1) is 22.3. The SMILES string of the molecule is CC=CCCC1CCC(c2ccc(-c3cc(F)c(-c4cc(F)c(C(F)(F)Oc5cc(F)c(F)c(F)c5)c(F)c4)c(F)c3)c(F)c2)CC1. The third kappa shape index (κ3) is 7.34. The molecule has 248 valence electrons. The van der Waals surface area contributed by atoms with E-state index < -0.39 is 75.1 Å². The molecule has 47 heavy (non-hydrogen) atoms. The Morgan fingerprint density at radius 3 is 1.81 bits per heavy atom. The van der Waals surface area contributed by atoms with Gasteiger partial charge in [-0.05, 0) is 104 Å². The van der Waals surface area contributed by atoms with Crippen molar-refractivity contribution in [1.29, 1.82) is 0 Å². The molecule has 4 aromatic carbocycles. The van der Waals surface area contributed by atoms with Crippen molar-refractivity contribution in [1.82, 2.24) is 0 Å². The van der Waals surface area contributed by atoms with Gasteiger partial charge in [0.15, 0.2) is 17.5 Å². The Bertz CT molecular complexity index is 1740. The van der Waals surface area contributed by atoms with Crippen molar-refractivity contribution in [3.63, 3.8) is 0 Å². The Hall–Kier alpha value is -4.28. The van der Waals surface area contributed by atoms with Crippen LogP contribution in [-0.2, 0) is 6.11 Å². The Kier molecular flexibility index (Phi) is 10.0. The second-order valence-corrected chi connectivity index (χ2v) is 11.6. The van der Waals surface area contributed by atoms with Gasteiger partial charge in [0, 0.05) is 17.7 Å². The van der Waals surface area contributed by atoms with Crippen LogP contribution in [0.2, 0.25) is 0 Å². The molecule has 1 saturated carbocycles. The van der Waals surface area contributed by atoms with Crippen LogP contribution in [0.25, 0.3) is 22.3 Å². The fourth-order valence-electron chi connectivity index (χ4n) is 6.09. The number of benzene rings is 4. The molecule has 1 aliphatic rings. The predicted molar refractivity (Wildman–Crippen MR) is 157 cm³/mol. The highest BCUT2D eigenvalue weighted by molar-refractivity contribution is 5.72. The molecule has 0 N–H and O–H groups in total. The van der Waals surface area contributed by atoms with Crippen LogP contribution in [-0.4, -0.2) is 0 Å².